The second-order valence-electron chi connectivity index (χ2n) is 5.57. The molecule has 0 atom stereocenters. The number of para-hydroxylation sites is 4. The van der Waals surface area contributed by atoms with E-state index in [1.165, 1.54) is 26.4 Å². The molecule has 0 radical (unpaired) electrons. The van der Waals surface area contributed by atoms with Crippen LogP contribution in [0.5, 0.6) is 34.5 Å². The van der Waals surface area contributed by atoms with Crippen molar-refractivity contribution in [2.24, 2.45) is 0 Å². The second kappa shape index (κ2) is 8.48. The van der Waals surface area contributed by atoms with Gasteiger partial charge in [-0.15, -0.1) is 0 Å². The predicted molar refractivity (Wildman–Crippen MR) is 102 cm³/mol. The van der Waals surface area contributed by atoms with E-state index in [4.69, 9.17) is 18.9 Å². The lowest BCUT2D eigenvalue weighted by atomic mass is 10.1. The summed E-state index contributed by atoms with van der Waals surface area (Å²) in [6.45, 7) is 0. The molecule has 6 heteroatoms. The molecule has 3 aromatic carbocycles. The van der Waals surface area contributed by atoms with E-state index in [1.54, 1.807) is 36.4 Å². The zero-order chi connectivity index (χ0) is 19.9. The number of hydrogen-bond acceptors (Lipinski definition) is 6. The van der Waals surface area contributed by atoms with Crippen molar-refractivity contribution in [1.29, 1.82) is 10.5 Å². The molecule has 0 heterocycles. The van der Waals surface area contributed by atoms with Crippen LogP contribution in [0.15, 0.2) is 60.7 Å². The molecule has 0 fully saturated rings. The number of hydrogen-bond donors (Lipinski definition) is 0. The lowest BCUT2D eigenvalue weighted by Gasteiger charge is -2.16. The summed E-state index contributed by atoms with van der Waals surface area (Å²) in [6.07, 6.45) is 0. The number of rotatable bonds is 6. The molecule has 138 valence electrons. The summed E-state index contributed by atoms with van der Waals surface area (Å²) >= 11 is 0. The van der Waals surface area contributed by atoms with Crippen molar-refractivity contribution in [2.75, 3.05) is 14.2 Å². The van der Waals surface area contributed by atoms with Gasteiger partial charge in [0.15, 0.2) is 34.5 Å². The van der Waals surface area contributed by atoms with Crippen LogP contribution in [0.4, 0.5) is 0 Å². The van der Waals surface area contributed by atoms with Gasteiger partial charge in [0, 0.05) is 12.1 Å². The van der Waals surface area contributed by atoms with Crippen molar-refractivity contribution < 1.29 is 18.9 Å². The average molecular weight is 372 g/mol. The maximum absolute atomic E-state index is 9.36. The molecule has 0 saturated carbocycles. The highest BCUT2D eigenvalue weighted by Gasteiger charge is 2.17. The summed E-state index contributed by atoms with van der Waals surface area (Å²) < 4.78 is 22.6. The van der Waals surface area contributed by atoms with Gasteiger partial charge in [-0.1, -0.05) is 24.3 Å². The second-order valence-corrected chi connectivity index (χ2v) is 5.57. The van der Waals surface area contributed by atoms with Crippen LogP contribution >= 0.6 is 0 Å². The monoisotopic (exact) mass is 372 g/mol. The van der Waals surface area contributed by atoms with Crippen LogP contribution in [0.2, 0.25) is 0 Å². The third kappa shape index (κ3) is 3.82. The smallest absolute Gasteiger partial charge is 0.171 e. The Kier molecular flexibility index (Phi) is 5.64. The molecule has 0 aliphatic rings. The molecule has 0 aliphatic carbocycles. The van der Waals surface area contributed by atoms with Crippen LogP contribution in [-0.4, -0.2) is 14.2 Å². The fourth-order valence-corrected chi connectivity index (χ4v) is 2.55. The largest absolute Gasteiger partial charge is 0.493 e. The highest BCUT2D eigenvalue weighted by molar-refractivity contribution is 5.59. The van der Waals surface area contributed by atoms with Crippen LogP contribution in [0.3, 0.4) is 0 Å². The average Bonchev–Trinajstić information content (AvgIpc) is 2.75. The zero-order valence-electron chi connectivity index (χ0n) is 15.3. The maximum Gasteiger partial charge on any atom is 0.171 e. The van der Waals surface area contributed by atoms with Gasteiger partial charge in [-0.3, -0.25) is 0 Å². The minimum absolute atomic E-state index is 0.180. The van der Waals surface area contributed by atoms with E-state index in [2.05, 4.69) is 0 Å². The van der Waals surface area contributed by atoms with Crippen molar-refractivity contribution in [3.05, 3.63) is 71.8 Å². The Labute approximate surface area is 162 Å². The third-order valence-corrected chi connectivity index (χ3v) is 3.90. The summed E-state index contributed by atoms with van der Waals surface area (Å²) in [5.74, 6) is 2.48. The Bertz CT molecular complexity index is 994. The van der Waals surface area contributed by atoms with Crippen molar-refractivity contribution in [2.45, 2.75) is 0 Å². The molecule has 0 aromatic heterocycles. The van der Waals surface area contributed by atoms with Gasteiger partial charge in [-0.25, -0.2) is 0 Å². The molecule has 0 amide bonds. The normalized spacial score (nSPS) is 9.71. The summed E-state index contributed by atoms with van der Waals surface area (Å²) in [6, 6.07) is 21.1. The van der Waals surface area contributed by atoms with Gasteiger partial charge < -0.3 is 18.9 Å². The van der Waals surface area contributed by atoms with Crippen LogP contribution < -0.4 is 18.9 Å². The maximum atomic E-state index is 9.36. The van der Waals surface area contributed by atoms with Crippen molar-refractivity contribution in [1.82, 2.24) is 0 Å². The Morgan fingerprint density at radius 3 is 1.25 bits per heavy atom. The summed E-state index contributed by atoms with van der Waals surface area (Å²) in [5.41, 5.74) is 0.361. The summed E-state index contributed by atoms with van der Waals surface area (Å²) in [5, 5.41) is 18.7. The van der Waals surface area contributed by atoms with Crippen LogP contribution in [0.1, 0.15) is 11.1 Å². The van der Waals surface area contributed by atoms with Crippen LogP contribution in [-0.2, 0) is 0 Å². The van der Waals surface area contributed by atoms with E-state index in [-0.39, 0.29) is 22.6 Å². The first-order valence-electron chi connectivity index (χ1n) is 8.30. The minimum atomic E-state index is 0.180. The predicted octanol–water partition coefficient (Wildman–Crippen LogP) is 5.03. The number of ether oxygens (including phenoxy) is 4. The van der Waals surface area contributed by atoms with Crippen molar-refractivity contribution in [3.63, 3.8) is 0 Å². The number of benzene rings is 3. The molecule has 28 heavy (non-hydrogen) atoms. The van der Waals surface area contributed by atoms with E-state index in [0.29, 0.717) is 23.0 Å². The Morgan fingerprint density at radius 1 is 0.571 bits per heavy atom. The van der Waals surface area contributed by atoms with E-state index >= 15 is 0 Å². The molecular formula is C22H16N2O4. The first kappa shape index (κ1) is 18.6. The lowest BCUT2D eigenvalue weighted by molar-refractivity contribution is 0.357. The molecule has 0 N–H and O–H groups in total. The molecule has 0 bridgehead atoms. The van der Waals surface area contributed by atoms with E-state index in [9.17, 15) is 10.5 Å². The van der Waals surface area contributed by atoms with E-state index in [1.807, 2.05) is 24.3 Å². The summed E-state index contributed by atoms with van der Waals surface area (Å²) in [7, 11) is 3.07. The van der Waals surface area contributed by atoms with Crippen molar-refractivity contribution >= 4 is 0 Å². The van der Waals surface area contributed by atoms with Gasteiger partial charge in [0.2, 0.25) is 0 Å². The van der Waals surface area contributed by atoms with E-state index < -0.39 is 0 Å². The highest BCUT2D eigenvalue weighted by Crippen LogP contribution is 2.41. The van der Waals surface area contributed by atoms with Gasteiger partial charge in [0.1, 0.15) is 12.1 Å². The summed E-state index contributed by atoms with van der Waals surface area (Å²) in [4.78, 5) is 0. The molecular weight excluding hydrogens is 356 g/mol. The lowest BCUT2D eigenvalue weighted by Crippen LogP contribution is -1.97. The number of nitrogens with zero attached hydrogens (tertiary/aromatic N) is 2. The van der Waals surface area contributed by atoms with Crippen LogP contribution in [0, 0.1) is 22.7 Å². The van der Waals surface area contributed by atoms with E-state index in [0.717, 1.165) is 0 Å². The highest BCUT2D eigenvalue weighted by atomic mass is 16.5. The molecule has 0 aliphatic heterocycles. The Morgan fingerprint density at radius 2 is 0.929 bits per heavy atom. The zero-order valence-corrected chi connectivity index (χ0v) is 15.3. The SMILES string of the molecule is COc1ccccc1Oc1cc(C#N)c(C#N)cc1Oc1ccccc1OC. The van der Waals surface area contributed by atoms with Gasteiger partial charge >= 0.3 is 0 Å². The van der Waals surface area contributed by atoms with Crippen LogP contribution in [0.25, 0.3) is 0 Å². The van der Waals surface area contributed by atoms with Gasteiger partial charge in [-0.05, 0) is 24.3 Å². The molecule has 3 rings (SSSR count). The van der Waals surface area contributed by atoms with Gasteiger partial charge in [-0.2, -0.15) is 10.5 Å². The fraction of sp³-hybridized carbons (Fsp3) is 0.0909. The third-order valence-electron chi connectivity index (χ3n) is 3.90. The van der Waals surface area contributed by atoms with Gasteiger partial charge in [0.05, 0.1) is 25.3 Å². The topological polar surface area (TPSA) is 84.5 Å². The Hall–Kier alpha value is -4.16. The molecule has 0 saturated heterocycles. The number of nitriles is 2. The molecule has 6 nitrogen and oxygen atoms in total. The fourth-order valence-electron chi connectivity index (χ4n) is 2.55. The first-order chi connectivity index (χ1) is 13.7. The number of methoxy groups -OCH3 is 2. The molecule has 0 spiro atoms. The first-order valence-corrected chi connectivity index (χ1v) is 8.30. The Balaban J connectivity index is 2.10. The quantitative estimate of drug-likeness (QED) is 0.603. The molecule has 0 unspecified atom stereocenters. The standard InChI is InChI=1S/C22H16N2O4/c1-25-17-7-3-5-9-19(17)27-21-11-15(13-23)16(14-24)12-22(21)28-20-10-6-4-8-18(20)26-2/h3-12H,1-2H3. The van der Waals surface area contributed by atoms with Gasteiger partial charge in [0.25, 0.3) is 0 Å². The van der Waals surface area contributed by atoms with Crippen molar-refractivity contribution in [3.8, 4) is 46.6 Å². The minimum Gasteiger partial charge on any atom is -0.493 e. The molecule has 3 aromatic rings.